The van der Waals surface area contributed by atoms with Gasteiger partial charge in [0.2, 0.25) is 5.89 Å². The van der Waals surface area contributed by atoms with Gasteiger partial charge in [0.05, 0.1) is 24.3 Å². The van der Waals surface area contributed by atoms with Crippen LogP contribution in [0.4, 0.5) is 5.69 Å². The third-order valence-electron chi connectivity index (χ3n) is 8.32. The van der Waals surface area contributed by atoms with Crippen LogP contribution >= 0.6 is 0 Å². The van der Waals surface area contributed by atoms with E-state index in [9.17, 15) is 0 Å². The van der Waals surface area contributed by atoms with Gasteiger partial charge in [-0.2, -0.15) is 0 Å². The van der Waals surface area contributed by atoms with Gasteiger partial charge in [0, 0.05) is 11.1 Å². The normalized spacial score (nSPS) is 20.1. The Balaban J connectivity index is 1.17. The van der Waals surface area contributed by atoms with Crippen molar-refractivity contribution in [1.29, 1.82) is 0 Å². The van der Waals surface area contributed by atoms with Crippen LogP contribution in [-0.4, -0.2) is 35.5 Å². The lowest BCUT2D eigenvalue weighted by atomic mass is 10.1. The number of benzene rings is 2. The molecule has 2 fully saturated rings. The molecule has 3 aliphatic rings. The smallest absolute Gasteiger partial charge is 0.215 e. The zero-order valence-electron chi connectivity index (χ0n) is 22.8. The third kappa shape index (κ3) is 6.05. The summed E-state index contributed by atoms with van der Waals surface area (Å²) in [7, 11) is 0. The molecule has 2 heterocycles. The van der Waals surface area contributed by atoms with Gasteiger partial charge in [0.25, 0.3) is 0 Å². The van der Waals surface area contributed by atoms with E-state index in [2.05, 4.69) is 11.0 Å². The van der Waals surface area contributed by atoms with Crippen molar-refractivity contribution in [2.24, 2.45) is 21.5 Å². The average Bonchev–Trinajstić information content (AvgIpc) is 3.29. The predicted molar refractivity (Wildman–Crippen MR) is 157 cm³/mol. The molecule has 0 radical (unpaired) electrons. The van der Waals surface area contributed by atoms with E-state index in [1.807, 2.05) is 30.3 Å². The van der Waals surface area contributed by atoms with Gasteiger partial charge >= 0.3 is 0 Å². The number of rotatable bonds is 6. The monoisotopic (exact) mass is 528 g/mol. The lowest BCUT2D eigenvalue weighted by molar-refractivity contribution is 0.340. The number of fused-ring (bicyclic) bond motifs is 2. The number of anilines is 1. The van der Waals surface area contributed by atoms with Gasteiger partial charge in [-0.1, -0.05) is 51.4 Å². The van der Waals surface area contributed by atoms with Crippen LogP contribution in [0.5, 0.6) is 5.75 Å². The molecule has 3 aromatic rings. The highest BCUT2D eigenvalue weighted by atomic mass is 16.5. The highest BCUT2D eigenvalue weighted by molar-refractivity contribution is 6.00. The first-order valence-corrected chi connectivity index (χ1v) is 14.7. The van der Waals surface area contributed by atoms with Crippen LogP contribution in [0, 0.1) is 0 Å². The number of ether oxygens (including phenoxy) is 1. The maximum atomic E-state index is 6.47. The zero-order valence-corrected chi connectivity index (χ0v) is 22.8. The number of nitrogens with zero attached hydrogens (tertiary/aromatic N) is 4. The molecule has 0 amide bonds. The standard InChI is InChI=1S/C31H40N6O2/c32-30(34-23-9-5-1-2-6-10-23)21-13-15-27-25(17-21)36-29(39-27)19-37-20-38-28-16-14-22(18-26(28)37)31(33)35-24-11-7-3-4-8-12-24/h13-18,23-24H,1-12,19-20H2,(H2,32,34)(H2,33,35). The van der Waals surface area contributed by atoms with Gasteiger partial charge in [0.1, 0.15) is 22.9 Å². The van der Waals surface area contributed by atoms with Crippen molar-refractivity contribution < 1.29 is 9.15 Å². The molecule has 6 rings (SSSR count). The fourth-order valence-electron chi connectivity index (χ4n) is 6.08. The summed E-state index contributed by atoms with van der Waals surface area (Å²) in [5, 5.41) is 0. The largest absolute Gasteiger partial charge is 0.471 e. The second-order valence-corrected chi connectivity index (χ2v) is 11.3. The summed E-state index contributed by atoms with van der Waals surface area (Å²) in [5.41, 5.74) is 17.2. The highest BCUT2D eigenvalue weighted by Gasteiger charge is 2.24. The minimum absolute atomic E-state index is 0.322. The van der Waals surface area contributed by atoms with Gasteiger partial charge in [0.15, 0.2) is 12.3 Å². The second-order valence-electron chi connectivity index (χ2n) is 11.3. The number of aromatic nitrogens is 1. The maximum absolute atomic E-state index is 6.47. The van der Waals surface area contributed by atoms with Crippen LogP contribution in [0.1, 0.15) is 94.1 Å². The van der Waals surface area contributed by atoms with Crippen molar-refractivity contribution in [3.05, 3.63) is 53.4 Å². The molecule has 4 N–H and O–H groups in total. The molecule has 0 spiro atoms. The van der Waals surface area contributed by atoms with E-state index in [1.165, 1.54) is 51.4 Å². The molecule has 1 aromatic heterocycles. The van der Waals surface area contributed by atoms with Crippen LogP contribution in [0.2, 0.25) is 0 Å². The van der Waals surface area contributed by atoms with Crippen LogP contribution < -0.4 is 21.1 Å². The Hall–Kier alpha value is -3.55. The van der Waals surface area contributed by atoms with Gasteiger partial charge in [-0.05, 0) is 62.1 Å². The third-order valence-corrected chi connectivity index (χ3v) is 8.32. The van der Waals surface area contributed by atoms with E-state index < -0.39 is 0 Å². The molecule has 8 heteroatoms. The minimum Gasteiger partial charge on any atom is -0.471 e. The first-order chi connectivity index (χ1) is 19.1. The molecule has 8 nitrogen and oxygen atoms in total. The van der Waals surface area contributed by atoms with E-state index in [0.717, 1.165) is 59.3 Å². The molecule has 0 unspecified atom stereocenters. The van der Waals surface area contributed by atoms with Crippen LogP contribution in [-0.2, 0) is 6.54 Å². The summed E-state index contributed by atoms with van der Waals surface area (Å²) < 4.78 is 12.0. The van der Waals surface area contributed by atoms with Crippen molar-refractivity contribution in [3.63, 3.8) is 0 Å². The molecule has 1 aliphatic heterocycles. The van der Waals surface area contributed by atoms with Crippen LogP contribution in [0.15, 0.2) is 50.8 Å². The Morgan fingerprint density at radius 2 is 1.38 bits per heavy atom. The molecular weight excluding hydrogens is 488 g/mol. The van der Waals surface area contributed by atoms with Crippen molar-refractivity contribution >= 4 is 28.5 Å². The second kappa shape index (κ2) is 11.7. The highest BCUT2D eigenvalue weighted by Crippen LogP contribution is 2.36. The molecule has 2 saturated carbocycles. The fraction of sp³-hybridized carbons (Fsp3) is 0.516. The van der Waals surface area contributed by atoms with Gasteiger partial charge in [-0.25, -0.2) is 4.98 Å². The van der Waals surface area contributed by atoms with E-state index >= 15 is 0 Å². The van der Waals surface area contributed by atoms with Crippen molar-refractivity contribution in [3.8, 4) is 5.75 Å². The molecule has 0 saturated heterocycles. The quantitative estimate of drug-likeness (QED) is 0.229. The van der Waals surface area contributed by atoms with Gasteiger partial charge in [-0.15, -0.1) is 0 Å². The SMILES string of the molecule is NC(=NC1CCCCCC1)c1ccc2c(c1)N(Cc1nc3cc(C(N)=NC4CCCCCC4)ccc3o1)CO2. The lowest BCUT2D eigenvalue weighted by Crippen LogP contribution is -2.22. The van der Waals surface area contributed by atoms with Crippen molar-refractivity contribution in [2.75, 3.05) is 11.6 Å². The summed E-state index contributed by atoms with van der Waals surface area (Å²) in [6.07, 6.45) is 14.6. The summed E-state index contributed by atoms with van der Waals surface area (Å²) >= 11 is 0. The van der Waals surface area contributed by atoms with Crippen LogP contribution in [0.25, 0.3) is 11.1 Å². The predicted octanol–water partition coefficient (Wildman–Crippen LogP) is 6.04. The zero-order chi connectivity index (χ0) is 26.6. The number of hydrogen-bond acceptors (Lipinski definition) is 6. The topological polar surface area (TPSA) is 115 Å². The van der Waals surface area contributed by atoms with Crippen molar-refractivity contribution in [1.82, 2.24) is 4.98 Å². The molecule has 39 heavy (non-hydrogen) atoms. The molecule has 0 atom stereocenters. The Kier molecular flexibility index (Phi) is 7.70. The molecule has 2 aliphatic carbocycles. The van der Waals surface area contributed by atoms with Crippen LogP contribution in [0.3, 0.4) is 0 Å². The molecule has 0 bridgehead atoms. The number of aliphatic imine (C=N–C) groups is 2. The summed E-state index contributed by atoms with van der Waals surface area (Å²) in [4.78, 5) is 16.6. The summed E-state index contributed by atoms with van der Waals surface area (Å²) in [5.74, 6) is 2.66. The number of amidine groups is 2. The first kappa shape index (κ1) is 25.7. The Morgan fingerprint density at radius 1 is 0.795 bits per heavy atom. The number of hydrogen-bond donors (Lipinski definition) is 2. The molecular formula is C31H40N6O2. The maximum Gasteiger partial charge on any atom is 0.215 e. The van der Waals surface area contributed by atoms with Crippen molar-refractivity contribution in [2.45, 2.75) is 95.7 Å². The molecule has 206 valence electrons. The molecule has 2 aromatic carbocycles. The summed E-state index contributed by atoms with van der Waals surface area (Å²) in [6.45, 7) is 0.926. The van der Waals surface area contributed by atoms with E-state index in [1.54, 1.807) is 0 Å². The average molecular weight is 529 g/mol. The number of nitrogens with two attached hydrogens (primary N) is 2. The van der Waals surface area contributed by atoms with E-state index in [4.69, 9.17) is 35.6 Å². The summed E-state index contributed by atoms with van der Waals surface area (Å²) in [6, 6.07) is 12.6. The Labute approximate surface area is 230 Å². The lowest BCUT2D eigenvalue weighted by Gasteiger charge is -2.15. The first-order valence-electron chi connectivity index (χ1n) is 14.7. The Morgan fingerprint density at radius 3 is 2.03 bits per heavy atom. The van der Waals surface area contributed by atoms with Gasteiger partial charge in [-0.3, -0.25) is 9.98 Å². The van der Waals surface area contributed by atoms with E-state index in [-0.39, 0.29) is 0 Å². The van der Waals surface area contributed by atoms with Gasteiger partial charge < -0.3 is 25.5 Å². The van der Waals surface area contributed by atoms with E-state index in [0.29, 0.717) is 42.9 Å². The minimum atomic E-state index is 0.322. The fourth-order valence-corrected chi connectivity index (χ4v) is 6.08. The number of oxazole rings is 1. The Bertz CT molecular complexity index is 1350.